The van der Waals surface area contributed by atoms with Crippen molar-refractivity contribution in [3.8, 4) is 0 Å². The van der Waals surface area contributed by atoms with E-state index in [1.165, 1.54) is 6.92 Å². The van der Waals surface area contributed by atoms with Gasteiger partial charge in [-0.15, -0.1) is 0 Å². The fraction of sp³-hybridized carbons (Fsp3) is 0.920. The lowest BCUT2D eigenvalue weighted by atomic mass is 9.98. The van der Waals surface area contributed by atoms with Crippen LogP contribution < -0.4 is 0 Å². The van der Waals surface area contributed by atoms with Gasteiger partial charge in [0.05, 0.1) is 39.1 Å². The van der Waals surface area contributed by atoms with Crippen molar-refractivity contribution in [1.29, 1.82) is 0 Å². The first-order chi connectivity index (χ1) is 21.3. The molecular weight excluding hydrogens is 620 g/mol. The van der Waals surface area contributed by atoms with Gasteiger partial charge in [0, 0.05) is 0 Å². The summed E-state index contributed by atoms with van der Waals surface area (Å²) in [4.78, 5) is 0. The van der Waals surface area contributed by atoms with Gasteiger partial charge in [-0.3, -0.25) is 0 Å². The van der Waals surface area contributed by atoms with Crippen molar-refractivity contribution in [1.82, 2.24) is 0 Å². The molecule has 4 heterocycles. The average molecular weight is 663 g/mol. The normalized spacial score (nSPS) is 48.8. The van der Waals surface area contributed by atoms with Crippen LogP contribution in [0.5, 0.6) is 0 Å². The predicted molar refractivity (Wildman–Crippen MR) is 138 cm³/mol. The van der Waals surface area contributed by atoms with Crippen molar-refractivity contribution in [3.63, 3.8) is 0 Å². The van der Waals surface area contributed by atoms with Crippen molar-refractivity contribution >= 4 is 0 Å². The topological polar surface area (TPSA) is 317 Å². The minimum absolute atomic E-state index is 0.499. The third kappa shape index (κ3) is 7.85. The van der Waals surface area contributed by atoms with Crippen LogP contribution in [0.25, 0.3) is 0 Å². The molecule has 262 valence electrons. The minimum atomic E-state index is -1.97. The third-order valence-corrected chi connectivity index (χ3v) is 7.89. The van der Waals surface area contributed by atoms with Gasteiger partial charge >= 0.3 is 0 Å². The van der Waals surface area contributed by atoms with E-state index < -0.39 is 149 Å². The zero-order valence-electron chi connectivity index (χ0n) is 24.0. The van der Waals surface area contributed by atoms with Gasteiger partial charge in [0.1, 0.15) is 67.1 Å². The molecule has 0 amide bonds. The van der Waals surface area contributed by atoms with Crippen LogP contribution in [0.1, 0.15) is 6.92 Å². The lowest BCUT2D eigenvalue weighted by Crippen LogP contribution is -2.63. The molecule has 0 aromatic carbocycles. The molecule has 0 radical (unpaired) electrons. The zero-order chi connectivity index (χ0) is 33.2. The summed E-state index contributed by atoms with van der Waals surface area (Å²) in [5.41, 5.74) is 0. The van der Waals surface area contributed by atoms with E-state index in [0.717, 1.165) is 0 Å². The van der Waals surface area contributed by atoms with E-state index in [4.69, 9.17) is 37.9 Å². The van der Waals surface area contributed by atoms with Crippen molar-refractivity contribution in [3.05, 3.63) is 11.5 Å². The summed E-state index contributed by atoms with van der Waals surface area (Å²) in [7, 11) is 0. The maximum Gasteiger partial charge on any atom is 0.192 e. The number of ether oxygens (including phenoxy) is 8. The van der Waals surface area contributed by atoms with E-state index >= 15 is 0 Å². The summed E-state index contributed by atoms with van der Waals surface area (Å²) in [5.74, 6) is -1.79. The molecule has 0 saturated carbocycles. The molecule has 20 heteroatoms. The van der Waals surface area contributed by atoms with Crippen LogP contribution in [0.2, 0.25) is 0 Å². The molecule has 45 heavy (non-hydrogen) atoms. The summed E-state index contributed by atoms with van der Waals surface area (Å²) in [6, 6.07) is 0. The molecule has 4 aliphatic heterocycles. The Hall–Kier alpha value is -1.38. The van der Waals surface area contributed by atoms with E-state index in [1.54, 1.807) is 0 Å². The fourth-order valence-corrected chi connectivity index (χ4v) is 5.16. The summed E-state index contributed by atoms with van der Waals surface area (Å²) in [5, 5.41) is 123. The highest BCUT2D eigenvalue weighted by molar-refractivity contribution is 5.13. The Kier molecular flexibility index (Phi) is 12.7. The van der Waals surface area contributed by atoms with Crippen LogP contribution in [-0.4, -0.2) is 199 Å². The number of hydrogen-bond donors (Lipinski definition) is 12. The first kappa shape index (κ1) is 36.5. The number of fused-ring (bicyclic) bond motifs is 2. The van der Waals surface area contributed by atoms with Gasteiger partial charge < -0.3 is 99.2 Å². The highest BCUT2D eigenvalue weighted by atomic mass is 16.8. The number of rotatable bonds is 7. The highest BCUT2D eigenvalue weighted by Crippen LogP contribution is 2.32. The SMILES string of the molecule is C[C@@H]1OC[C@H]2OC(OCC(CO)OC(OC3C(CO)O[C@@H](O)C(O)C3O)C1O)C(O)C(O)C2OC1OC(CO)C(O)=C(O)C1O. The molecule has 4 rings (SSSR count). The van der Waals surface area contributed by atoms with Crippen LogP contribution in [0.4, 0.5) is 0 Å². The van der Waals surface area contributed by atoms with Gasteiger partial charge in [-0.2, -0.15) is 0 Å². The summed E-state index contributed by atoms with van der Waals surface area (Å²) in [6.07, 6.45) is -27.8. The van der Waals surface area contributed by atoms with Gasteiger partial charge in [-0.05, 0) is 6.92 Å². The number of hydrogen-bond acceptors (Lipinski definition) is 20. The first-order valence-corrected chi connectivity index (χ1v) is 14.2. The molecule has 0 aromatic heterocycles. The molecule has 3 fully saturated rings. The Morgan fingerprint density at radius 2 is 1.31 bits per heavy atom. The summed E-state index contributed by atoms with van der Waals surface area (Å²) >= 11 is 0. The second kappa shape index (κ2) is 15.7. The predicted octanol–water partition coefficient (Wildman–Crippen LogP) is -6.46. The Bertz CT molecular complexity index is 969. The van der Waals surface area contributed by atoms with Gasteiger partial charge in [-0.25, -0.2) is 0 Å². The van der Waals surface area contributed by atoms with E-state index in [2.05, 4.69) is 0 Å². The van der Waals surface area contributed by atoms with E-state index in [0.29, 0.717) is 0 Å². The number of aliphatic hydroxyl groups excluding tert-OH is 12. The second-order valence-corrected chi connectivity index (χ2v) is 11.0. The maximum atomic E-state index is 11.1. The smallest absolute Gasteiger partial charge is 0.192 e. The van der Waals surface area contributed by atoms with Crippen molar-refractivity contribution < 1.29 is 99.2 Å². The Morgan fingerprint density at radius 3 is 1.96 bits per heavy atom. The lowest BCUT2D eigenvalue weighted by molar-refractivity contribution is -0.358. The van der Waals surface area contributed by atoms with E-state index in [1.807, 2.05) is 0 Å². The molecule has 12 N–H and O–H groups in total. The standard InChI is InChI=1S/C25H42O20/c1-7-12(29)24(44-20-10(4-28)41-22(37)17(34)15(20)32)40-8(2-26)5-39-23-19(36)16(33)21(11(43-23)6-38-7)45-25-18(35)14(31)13(30)9(3-27)42-25/h7-12,15-37H,2-6H2,1H3/t7-,8?,9?,10?,11+,12?,15?,16?,17?,18?,19?,20?,21?,22+,23?,24?,25?/m0/s1. The van der Waals surface area contributed by atoms with Crippen LogP contribution in [0.3, 0.4) is 0 Å². The highest BCUT2D eigenvalue weighted by Gasteiger charge is 2.51. The van der Waals surface area contributed by atoms with Crippen LogP contribution in [0, 0.1) is 0 Å². The van der Waals surface area contributed by atoms with E-state index in [9.17, 15) is 61.3 Å². The molecule has 2 bridgehead atoms. The summed E-state index contributed by atoms with van der Waals surface area (Å²) in [6.45, 7) is -2.00. The quantitative estimate of drug-likeness (QED) is 0.121. The van der Waals surface area contributed by atoms with Crippen molar-refractivity contribution in [2.75, 3.05) is 33.0 Å². The maximum absolute atomic E-state index is 11.1. The van der Waals surface area contributed by atoms with Gasteiger partial charge in [-0.1, -0.05) is 0 Å². The largest absolute Gasteiger partial charge is 0.506 e. The minimum Gasteiger partial charge on any atom is -0.506 e. The number of aliphatic hydroxyl groups is 12. The van der Waals surface area contributed by atoms with Gasteiger partial charge in [0.2, 0.25) is 0 Å². The van der Waals surface area contributed by atoms with Crippen LogP contribution in [-0.2, 0) is 37.9 Å². The third-order valence-electron chi connectivity index (χ3n) is 7.89. The molecule has 0 aromatic rings. The van der Waals surface area contributed by atoms with E-state index in [-0.39, 0.29) is 0 Å². The zero-order valence-corrected chi connectivity index (χ0v) is 24.0. The molecule has 0 aliphatic carbocycles. The van der Waals surface area contributed by atoms with Gasteiger partial charge in [0.25, 0.3) is 0 Å². The second-order valence-electron chi connectivity index (χ2n) is 11.0. The molecule has 14 unspecified atom stereocenters. The monoisotopic (exact) mass is 662 g/mol. The Morgan fingerprint density at radius 1 is 0.644 bits per heavy atom. The lowest BCUT2D eigenvalue weighted by Gasteiger charge is -2.45. The molecule has 17 atom stereocenters. The van der Waals surface area contributed by atoms with Gasteiger partial charge in [0.15, 0.2) is 42.8 Å². The average Bonchev–Trinajstić information content (AvgIpc) is 3.03. The van der Waals surface area contributed by atoms with Crippen LogP contribution in [0.15, 0.2) is 11.5 Å². The molecule has 4 aliphatic rings. The molecule has 0 spiro atoms. The Labute approximate surface area is 255 Å². The van der Waals surface area contributed by atoms with Crippen molar-refractivity contribution in [2.24, 2.45) is 0 Å². The summed E-state index contributed by atoms with van der Waals surface area (Å²) < 4.78 is 44.4. The van der Waals surface area contributed by atoms with Crippen molar-refractivity contribution in [2.45, 2.75) is 111 Å². The molecule has 3 saturated heterocycles. The fourth-order valence-electron chi connectivity index (χ4n) is 5.16. The Balaban J connectivity index is 1.55. The first-order valence-electron chi connectivity index (χ1n) is 14.2. The molecular formula is C25H42O20. The van der Waals surface area contributed by atoms with Crippen LogP contribution >= 0.6 is 0 Å². The molecule has 20 nitrogen and oxygen atoms in total.